The molecule has 2 rings (SSSR count). The number of halogens is 1. The molecule has 1 saturated heterocycles. The van der Waals surface area contributed by atoms with Crippen molar-refractivity contribution in [3.05, 3.63) is 28.8 Å². The molecule has 0 aromatic heterocycles. The Kier molecular flexibility index (Phi) is 4.95. The van der Waals surface area contributed by atoms with E-state index in [9.17, 15) is 5.11 Å². The zero-order valence-electron chi connectivity index (χ0n) is 12.6. The van der Waals surface area contributed by atoms with Gasteiger partial charge in [0.2, 0.25) is 0 Å². The van der Waals surface area contributed by atoms with Gasteiger partial charge in [0.15, 0.2) is 0 Å². The topological polar surface area (TPSA) is 35.5 Å². The van der Waals surface area contributed by atoms with Gasteiger partial charge in [-0.25, -0.2) is 0 Å². The standard InChI is InChI=1S/C16H25ClN2O/c1-12(2)18-11-13-14(17)5-4-6-15(13)19-9-7-16(3,20)8-10-19/h4-6,12,18,20H,7-11H2,1-3H3. The molecule has 20 heavy (non-hydrogen) atoms. The predicted molar refractivity (Wildman–Crippen MR) is 85.5 cm³/mol. The first-order chi connectivity index (χ1) is 9.39. The van der Waals surface area contributed by atoms with E-state index in [-0.39, 0.29) is 0 Å². The molecule has 0 atom stereocenters. The average molecular weight is 297 g/mol. The van der Waals surface area contributed by atoms with Gasteiger partial charge in [0, 0.05) is 41.9 Å². The number of aliphatic hydroxyl groups is 1. The molecule has 1 aliphatic heterocycles. The molecule has 1 heterocycles. The Labute approximate surface area is 126 Å². The van der Waals surface area contributed by atoms with Gasteiger partial charge < -0.3 is 15.3 Å². The largest absolute Gasteiger partial charge is 0.390 e. The number of piperidine rings is 1. The highest BCUT2D eigenvalue weighted by Crippen LogP contribution is 2.31. The summed E-state index contributed by atoms with van der Waals surface area (Å²) in [5.41, 5.74) is 1.83. The van der Waals surface area contributed by atoms with E-state index in [1.807, 2.05) is 19.1 Å². The molecule has 3 nitrogen and oxygen atoms in total. The van der Waals surface area contributed by atoms with Crippen LogP contribution in [0.1, 0.15) is 39.2 Å². The number of anilines is 1. The van der Waals surface area contributed by atoms with E-state index in [1.54, 1.807) is 0 Å². The second-order valence-corrected chi connectivity index (χ2v) is 6.66. The highest BCUT2D eigenvalue weighted by atomic mass is 35.5. The zero-order chi connectivity index (χ0) is 14.8. The molecule has 0 unspecified atom stereocenters. The number of benzene rings is 1. The van der Waals surface area contributed by atoms with Gasteiger partial charge in [-0.1, -0.05) is 31.5 Å². The lowest BCUT2D eigenvalue weighted by Gasteiger charge is -2.38. The number of hydrogen-bond acceptors (Lipinski definition) is 3. The maximum absolute atomic E-state index is 10.1. The van der Waals surface area contributed by atoms with Crippen LogP contribution in [0.3, 0.4) is 0 Å². The number of rotatable bonds is 4. The summed E-state index contributed by atoms with van der Waals surface area (Å²) in [6, 6.07) is 6.51. The van der Waals surface area contributed by atoms with Crippen LogP contribution in [0.2, 0.25) is 5.02 Å². The Morgan fingerprint density at radius 2 is 2.00 bits per heavy atom. The lowest BCUT2D eigenvalue weighted by Crippen LogP contribution is -2.43. The van der Waals surface area contributed by atoms with Crippen molar-refractivity contribution >= 4 is 17.3 Å². The Bertz CT molecular complexity index is 450. The summed E-state index contributed by atoms with van der Waals surface area (Å²) < 4.78 is 0. The first-order valence-corrected chi connectivity index (χ1v) is 7.75. The highest BCUT2D eigenvalue weighted by molar-refractivity contribution is 6.31. The highest BCUT2D eigenvalue weighted by Gasteiger charge is 2.28. The summed E-state index contributed by atoms with van der Waals surface area (Å²) in [6.07, 6.45) is 1.60. The number of hydrogen-bond donors (Lipinski definition) is 2. The van der Waals surface area contributed by atoms with Crippen molar-refractivity contribution in [2.75, 3.05) is 18.0 Å². The summed E-state index contributed by atoms with van der Waals surface area (Å²) in [4.78, 5) is 2.33. The summed E-state index contributed by atoms with van der Waals surface area (Å²) in [5.74, 6) is 0. The van der Waals surface area contributed by atoms with Crippen LogP contribution in [0, 0.1) is 0 Å². The minimum absolute atomic E-state index is 0.432. The molecule has 0 bridgehead atoms. The molecule has 0 radical (unpaired) electrons. The van der Waals surface area contributed by atoms with Gasteiger partial charge in [-0.2, -0.15) is 0 Å². The van der Waals surface area contributed by atoms with E-state index in [0.717, 1.165) is 43.1 Å². The molecular weight excluding hydrogens is 272 g/mol. The van der Waals surface area contributed by atoms with E-state index < -0.39 is 5.60 Å². The fourth-order valence-electron chi connectivity index (χ4n) is 2.55. The van der Waals surface area contributed by atoms with Crippen molar-refractivity contribution in [1.82, 2.24) is 5.32 Å². The summed E-state index contributed by atoms with van der Waals surface area (Å²) >= 11 is 6.37. The molecular formula is C16H25ClN2O. The summed E-state index contributed by atoms with van der Waals surface area (Å²) in [6.45, 7) is 8.72. The van der Waals surface area contributed by atoms with Gasteiger partial charge in [-0.05, 0) is 31.9 Å². The van der Waals surface area contributed by atoms with Gasteiger partial charge in [-0.15, -0.1) is 0 Å². The van der Waals surface area contributed by atoms with E-state index >= 15 is 0 Å². The maximum atomic E-state index is 10.1. The van der Waals surface area contributed by atoms with Crippen LogP contribution in [0.25, 0.3) is 0 Å². The van der Waals surface area contributed by atoms with Crippen LogP contribution in [0.5, 0.6) is 0 Å². The van der Waals surface area contributed by atoms with Crippen LogP contribution < -0.4 is 10.2 Å². The minimum atomic E-state index is -0.522. The van der Waals surface area contributed by atoms with E-state index in [2.05, 4.69) is 30.1 Å². The molecule has 112 valence electrons. The van der Waals surface area contributed by atoms with Crippen molar-refractivity contribution in [3.63, 3.8) is 0 Å². The Morgan fingerprint density at radius 3 is 2.60 bits per heavy atom. The van der Waals surface area contributed by atoms with Crippen molar-refractivity contribution in [2.45, 2.75) is 51.8 Å². The van der Waals surface area contributed by atoms with Crippen molar-refractivity contribution in [2.24, 2.45) is 0 Å². The lowest BCUT2D eigenvalue weighted by molar-refractivity contribution is 0.0351. The number of nitrogens with zero attached hydrogens (tertiary/aromatic N) is 1. The van der Waals surface area contributed by atoms with Crippen LogP contribution >= 0.6 is 11.6 Å². The zero-order valence-corrected chi connectivity index (χ0v) is 13.4. The van der Waals surface area contributed by atoms with Crippen LogP contribution in [0.4, 0.5) is 5.69 Å². The van der Waals surface area contributed by atoms with Crippen LogP contribution in [-0.4, -0.2) is 29.8 Å². The maximum Gasteiger partial charge on any atom is 0.0653 e. The third-order valence-electron chi connectivity index (χ3n) is 3.96. The van der Waals surface area contributed by atoms with E-state index in [4.69, 9.17) is 11.6 Å². The molecule has 0 aliphatic carbocycles. The fraction of sp³-hybridized carbons (Fsp3) is 0.625. The van der Waals surface area contributed by atoms with Crippen LogP contribution in [-0.2, 0) is 6.54 Å². The molecule has 0 spiro atoms. The van der Waals surface area contributed by atoms with Gasteiger partial charge in [0.25, 0.3) is 0 Å². The molecule has 2 N–H and O–H groups in total. The quantitative estimate of drug-likeness (QED) is 0.896. The average Bonchev–Trinajstić information content (AvgIpc) is 2.37. The van der Waals surface area contributed by atoms with Gasteiger partial charge in [0.05, 0.1) is 5.60 Å². The second kappa shape index (κ2) is 6.33. The third-order valence-corrected chi connectivity index (χ3v) is 4.32. The smallest absolute Gasteiger partial charge is 0.0653 e. The SMILES string of the molecule is CC(C)NCc1c(Cl)cccc1N1CCC(C)(O)CC1. The summed E-state index contributed by atoms with van der Waals surface area (Å²) in [5, 5.41) is 14.3. The predicted octanol–water partition coefficient (Wildman–Crippen LogP) is 3.19. The first-order valence-electron chi connectivity index (χ1n) is 7.37. The Hall–Kier alpha value is -0.770. The van der Waals surface area contributed by atoms with Crippen molar-refractivity contribution in [3.8, 4) is 0 Å². The van der Waals surface area contributed by atoms with Crippen molar-refractivity contribution in [1.29, 1.82) is 0 Å². The van der Waals surface area contributed by atoms with E-state index in [0.29, 0.717) is 6.04 Å². The fourth-order valence-corrected chi connectivity index (χ4v) is 2.79. The molecule has 1 fully saturated rings. The molecule has 4 heteroatoms. The van der Waals surface area contributed by atoms with Crippen molar-refractivity contribution < 1.29 is 5.11 Å². The molecule has 1 aromatic carbocycles. The molecule has 1 aliphatic rings. The van der Waals surface area contributed by atoms with E-state index in [1.165, 1.54) is 5.69 Å². The number of nitrogens with one attached hydrogen (secondary N) is 1. The Morgan fingerprint density at radius 1 is 1.35 bits per heavy atom. The Balaban J connectivity index is 2.17. The normalized spacial score (nSPS) is 18.6. The molecule has 1 aromatic rings. The summed E-state index contributed by atoms with van der Waals surface area (Å²) in [7, 11) is 0. The first kappa shape index (κ1) is 15.6. The molecule has 0 saturated carbocycles. The minimum Gasteiger partial charge on any atom is -0.390 e. The van der Waals surface area contributed by atoms with Gasteiger partial charge >= 0.3 is 0 Å². The second-order valence-electron chi connectivity index (χ2n) is 6.26. The molecule has 0 amide bonds. The third kappa shape index (κ3) is 3.87. The van der Waals surface area contributed by atoms with Gasteiger partial charge in [-0.3, -0.25) is 0 Å². The van der Waals surface area contributed by atoms with Gasteiger partial charge in [0.1, 0.15) is 0 Å². The van der Waals surface area contributed by atoms with Crippen LogP contribution in [0.15, 0.2) is 18.2 Å². The monoisotopic (exact) mass is 296 g/mol. The lowest BCUT2D eigenvalue weighted by atomic mass is 9.93.